The first kappa shape index (κ1) is 8.74. The van der Waals surface area contributed by atoms with Crippen LogP contribution in [0.4, 0.5) is 0 Å². The molecule has 2 heterocycles. The molecule has 0 amide bonds. The molecule has 2 aromatic rings. The molecule has 0 saturated carbocycles. The fourth-order valence-electron chi connectivity index (χ4n) is 1.35. The molecule has 0 bridgehead atoms. The molecular formula is C10H10N2O2. The van der Waals surface area contributed by atoms with E-state index in [0.29, 0.717) is 5.56 Å². The van der Waals surface area contributed by atoms with Crippen molar-refractivity contribution in [3.63, 3.8) is 0 Å². The zero-order valence-corrected chi connectivity index (χ0v) is 8.02. The molecule has 2 aromatic heterocycles. The van der Waals surface area contributed by atoms with E-state index in [1.54, 1.807) is 16.8 Å². The summed E-state index contributed by atoms with van der Waals surface area (Å²) in [5.41, 5.74) is 2.39. The van der Waals surface area contributed by atoms with Crippen LogP contribution in [-0.2, 0) is 4.74 Å². The van der Waals surface area contributed by atoms with Crippen LogP contribution in [0.2, 0.25) is 0 Å². The Kier molecular flexibility index (Phi) is 1.96. The molecule has 4 nitrogen and oxygen atoms in total. The minimum absolute atomic E-state index is 0.347. The molecule has 14 heavy (non-hydrogen) atoms. The number of carbonyl (C=O) groups excluding carboxylic acids is 1. The van der Waals surface area contributed by atoms with Crippen LogP contribution < -0.4 is 0 Å². The maximum atomic E-state index is 11.2. The second-order valence-electron chi connectivity index (χ2n) is 3.06. The molecule has 72 valence electrons. The number of carbonyl (C=O) groups is 1. The van der Waals surface area contributed by atoms with E-state index in [0.717, 1.165) is 11.2 Å². The number of fused-ring (bicyclic) bond motifs is 1. The number of ether oxygens (including phenoxy) is 1. The van der Waals surface area contributed by atoms with Crippen LogP contribution in [0, 0.1) is 6.92 Å². The highest BCUT2D eigenvalue weighted by Crippen LogP contribution is 2.08. The third-order valence-electron chi connectivity index (χ3n) is 2.00. The van der Waals surface area contributed by atoms with Crippen molar-refractivity contribution in [2.24, 2.45) is 0 Å². The average Bonchev–Trinajstić information content (AvgIpc) is 2.55. The molecule has 0 N–H and O–H groups in total. The van der Waals surface area contributed by atoms with Crippen LogP contribution >= 0.6 is 0 Å². The molecule has 0 atom stereocenters. The Morgan fingerprint density at radius 3 is 3.00 bits per heavy atom. The molecule has 0 spiro atoms. The fraction of sp³-hybridized carbons (Fsp3) is 0.200. The van der Waals surface area contributed by atoms with Crippen LogP contribution in [0.3, 0.4) is 0 Å². The number of aryl methyl sites for hydroxylation is 1. The SMILES string of the molecule is COC(=O)c1ccc2cc(C)nn2c1. The van der Waals surface area contributed by atoms with Gasteiger partial charge in [-0.1, -0.05) is 0 Å². The van der Waals surface area contributed by atoms with Gasteiger partial charge >= 0.3 is 5.97 Å². The Bertz CT molecular complexity index is 488. The zero-order valence-electron chi connectivity index (χ0n) is 8.02. The number of methoxy groups -OCH3 is 1. The van der Waals surface area contributed by atoms with Gasteiger partial charge in [0, 0.05) is 6.20 Å². The highest BCUT2D eigenvalue weighted by atomic mass is 16.5. The van der Waals surface area contributed by atoms with Crippen molar-refractivity contribution in [3.8, 4) is 0 Å². The number of aromatic nitrogens is 2. The molecular weight excluding hydrogens is 180 g/mol. The van der Waals surface area contributed by atoms with Crippen LogP contribution in [-0.4, -0.2) is 22.7 Å². The van der Waals surface area contributed by atoms with Gasteiger partial charge in [-0.15, -0.1) is 0 Å². The smallest absolute Gasteiger partial charge is 0.339 e. The van der Waals surface area contributed by atoms with Gasteiger partial charge < -0.3 is 4.74 Å². The predicted octanol–water partition coefficient (Wildman–Crippen LogP) is 1.43. The summed E-state index contributed by atoms with van der Waals surface area (Å²) >= 11 is 0. The topological polar surface area (TPSA) is 43.6 Å². The molecule has 0 aliphatic rings. The lowest BCUT2D eigenvalue weighted by molar-refractivity contribution is 0.0600. The molecule has 0 fully saturated rings. The quantitative estimate of drug-likeness (QED) is 0.639. The van der Waals surface area contributed by atoms with Gasteiger partial charge in [-0.3, -0.25) is 0 Å². The van der Waals surface area contributed by atoms with Gasteiger partial charge in [0.05, 0.1) is 23.9 Å². The van der Waals surface area contributed by atoms with Crippen molar-refractivity contribution in [2.75, 3.05) is 7.11 Å². The normalized spacial score (nSPS) is 10.4. The summed E-state index contributed by atoms with van der Waals surface area (Å²) in [5.74, 6) is -0.347. The fourth-order valence-corrected chi connectivity index (χ4v) is 1.35. The lowest BCUT2D eigenvalue weighted by atomic mass is 10.2. The highest BCUT2D eigenvalue weighted by molar-refractivity contribution is 5.89. The maximum absolute atomic E-state index is 11.2. The monoisotopic (exact) mass is 190 g/mol. The van der Waals surface area contributed by atoms with Gasteiger partial charge in [-0.05, 0) is 25.1 Å². The Labute approximate surface area is 81.1 Å². The van der Waals surface area contributed by atoms with Gasteiger partial charge in [0.25, 0.3) is 0 Å². The summed E-state index contributed by atoms with van der Waals surface area (Å²) in [5, 5.41) is 4.20. The lowest BCUT2D eigenvalue weighted by Gasteiger charge is -1.99. The number of esters is 1. The highest BCUT2D eigenvalue weighted by Gasteiger charge is 2.06. The second-order valence-corrected chi connectivity index (χ2v) is 3.06. The van der Waals surface area contributed by atoms with Crippen LogP contribution in [0.1, 0.15) is 16.1 Å². The Morgan fingerprint density at radius 2 is 2.29 bits per heavy atom. The summed E-state index contributed by atoms with van der Waals surface area (Å²) in [6, 6.07) is 5.51. The van der Waals surface area contributed by atoms with Gasteiger partial charge in [-0.2, -0.15) is 5.10 Å². The van der Waals surface area contributed by atoms with E-state index in [-0.39, 0.29) is 5.97 Å². The molecule has 2 rings (SSSR count). The third-order valence-corrected chi connectivity index (χ3v) is 2.00. The van der Waals surface area contributed by atoms with Gasteiger partial charge in [0.2, 0.25) is 0 Å². The molecule has 0 unspecified atom stereocenters. The minimum atomic E-state index is -0.347. The summed E-state index contributed by atoms with van der Waals surface area (Å²) in [7, 11) is 1.36. The van der Waals surface area contributed by atoms with E-state index in [1.807, 2.05) is 19.1 Å². The Balaban J connectivity index is 2.55. The van der Waals surface area contributed by atoms with Crippen molar-refractivity contribution < 1.29 is 9.53 Å². The van der Waals surface area contributed by atoms with Crippen LogP contribution in [0.5, 0.6) is 0 Å². The van der Waals surface area contributed by atoms with Crippen molar-refractivity contribution in [3.05, 3.63) is 35.7 Å². The first-order valence-corrected chi connectivity index (χ1v) is 4.25. The van der Waals surface area contributed by atoms with E-state index >= 15 is 0 Å². The van der Waals surface area contributed by atoms with Crippen molar-refractivity contribution in [2.45, 2.75) is 6.92 Å². The van der Waals surface area contributed by atoms with Crippen LogP contribution in [0.25, 0.3) is 5.52 Å². The van der Waals surface area contributed by atoms with E-state index in [9.17, 15) is 4.79 Å². The molecule has 4 heteroatoms. The minimum Gasteiger partial charge on any atom is -0.465 e. The average molecular weight is 190 g/mol. The zero-order chi connectivity index (χ0) is 10.1. The molecule has 0 radical (unpaired) electrons. The molecule has 0 aromatic carbocycles. The van der Waals surface area contributed by atoms with E-state index in [1.165, 1.54) is 7.11 Å². The van der Waals surface area contributed by atoms with Crippen molar-refractivity contribution >= 4 is 11.5 Å². The number of nitrogens with zero attached hydrogens (tertiary/aromatic N) is 2. The van der Waals surface area contributed by atoms with E-state index in [2.05, 4.69) is 9.84 Å². The van der Waals surface area contributed by atoms with E-state index in [4.69, 9.17) is 0 Å². The first-order chi connectivity index (χ1) is 6.70. The number of hydrogen-bond donors (Lipinski definition) is 0. The summed E-state index contributed by atoms with van der Waals surface area (Å²) < 4.78 is 6.28. The summed E-state index contributed by atoms with van der Waals surface area (Å²) in [4.78, 5) is 11.2. The number of rotatable bonds is 1. The standard InChI is InChI=1S/C10H10N2O2/c1-7-5-9-4-3-8(10(13)14-2)6-12(9)11-7/h3-6H,1-2H3. The summed E-state index contributed by atoms with van der Waals surface area (Å²) in [6.45, 7) is 1.91. The molecule has 0 aliphatic heterocycles. The van der Waals surface area contributed by atoms with Crippen molar-refractivity contribution in [1.29, 1.82) is 0 Å². The summed E-state index contributed by atoms with van der Waals surface area (Å²) in [6.07, 6.45) is 1.66. The number of hydrogen-bond acceptors (Lipinski definition) is 3. The predicted molar refractivity (Wildman–Crippen MR) is 51.3 cm³/mol. The maximum Gasteiger partial charge on any atom is 0.339 e. The third kappa shape index (κ3) is 1.35. The van der Waals surface area contributed by atoms with Gasteiger partial charge in [0.15, 0.2) is 0 Å². The van der Waals surface area contributed by atoms with Gasteiger partial charge in [-0.25, -0.2) is 9.31 Å². The second kappa shape index (κ2) is 3.14. The Morgan fingerprint density at radius 1 is 1.50 bits per heavy atom. The van der Waals surface area contributed by atoms with Crippen molar-refractivity contribution in [1.82, 2.24) is 9.61 Å². The van der Waals surface area contributed by atoms with Crippen LogP contribution in [0.15, 0.2) is 24.4 Å². The lowest BCUT2D eigenvalue weighted by Crippen LogP contribution is -2.02. The first-order valence-electron chi connectivity index (χ1n) is 4.25. The molecule has 0 saturated heterocycles. The number of pyridine rings is 1. The Hall–Kier alpha value is -1.84. The molecule has 0 aliphatic carbocycles. The largest absolute Gasteiger partial charge is 0.465 e. The van der Waals surface area contributed by atoms with Gasteiger partial charge in [0.1, 0.15) is 0 Å². The van der Waals surface area contributed by atoms with E-state index < -0.39 is 0 Å².